The van der Waals surface area contributed by atoms with Gasteiger partial charge in [0.15, 0.2) is 5.76 Å². The second kappa shape index (κ2) is 7.62. The Hall–Kier alpha value is -3.11. The lowest BCUT2D eigenvalue weighted by molar-refractivity contribution is 0.213. The largest absolute Gasteiger partial charge is 0.381 e. The van der Waals surface area contributed by atoms with Crippen LogP contribution in [0.3, 0.4) is 0 Å². The molecule has 4 nitrogen and oxygen atoms in total. The standard InChI is InChI=1S/C25H24ClN3O/c1-27(2)20-12-8-18(9-13-20)25-23-16-28(21-6-4-3-5-7-21)17-24(23)30-29(25)22-14-10-19(26)11-15-22/h3-15,17,23,25H,16H2,1-2H3. The van der Waals surface area contributed by atoms with Gasteiger partial charge in [-0.05, 0) is 54.1 Å². The summed E-state index contributed by atoms with van der Waals surface area (Å²) in [5.41, 5.74) is 4.60. The summed E-state index contributed by atoms with van der Waals surface area (Å²) in [5, 5.41) is 2.75. The molecule has 0 radical (unpaired) electrons. The van der Waals surface area contributed by atoms with Crippen molar-refractivity contribution in [1.29, 1.82) is 0 Å². The first kappa shape index (κ1) is 18.9. The molecule has 0 amide bonds. The molecule has 3 aromatic carbocycles. The smallest absolute Gasteiger partial charge is 0.155 e. The second-order valence-corrected chi connectivity index (χ2v) is 8.39. The second-order valence-electron chi connectivity index (χ2n) is 7.95. The van der Waals surface area contributed by atoms with Crippen molar-refractivity contribution in [2.24, 2.45) is 5.92 Å². The maximum absolute atomic E-state index is 6.41. The highest BCUT2D eigenvalue weighted by Crippen LogP contribution is 2.48. The Kier molecular flexibility index (Phi) is 4.80. The summed E-state index contributed by atoms with van der Waals surface area (Å²) < 4.78 is 0. The third-order valence-corrected chi connectivity index (χ3v) is 6.05. The zero-order valence-electron chi connectivity index (χ0n) is 17.1. The van der Waals surface area contributed by atoms with Crippen molar-refractivity contribution in [2.45, 2.75) is 6.04 Å². The van der Waals surface area contributed by atoms with E-state index in [1.165, 1.54) is 16.9 Å². The molecule has 1 fully saturated rings. The molecular formula is C25H24ClN3O. The highest BCUT2D eigenvalue weighted by molar-refractivity contribution is 6.30. The quantitative estimate of drug-likeness (QED) is 0.527. The molecule has 0 aromatic heterocycles. The number of benzene rings is 3. The fraction of sp³-hybridized carbons (Fsp3) is 0.200. The van der Waals surface area contributed by atoms with Crippen LogP contribution in [0.1, 0.15) is 11.6 Å². The van der Waals surface area contributed by atoms with Gasteiger partial charge in [-0.25, -0.2) is 5.06 Å². The maximum Gasteiger partial charge on any atom is 0.155 e. The molecule has 2 unspecified atom stereocenters. The van der Waals surface area contributed by atoms with Crippen LogP contribution in [0, 0.1) is 5.92 Å². The molecule has 1 saturated heterocycles. The maximum atomic E-state index is 6.41. The molecule has 0 aliphatic carbocycles. The number of hydrogen-bond acceptors (Lipinski definition) is 4. The molecule has 0 bridgehead atoms. The lowest BCUT2D eigenvalue weighted by Crippen LogP contribution is -2.29. The molecule has 5 rings (SSSR count). The highest BCUT2D eigenvalue weighted by atomic mass is 35.5. The van der Waals surface area contributed by atoms with Crippen molar-refractivity contribution in [2.75, 3.05) is 35.5 Å². The van der Waals surface area contributed by atoms with Gasteiger partial charge in [0.1, 0.15) is 6.04 Å². The van der Waals surface area contributed by atoms with Crippen LogP contribution in [0.25, 0.3) is 0 Å². The first-order chi connectivity index (χ1) is 14.6. The van der Waals surface area contributed by atoms with Gasteiger partial charge in [0, 0.05) is 43.2 Å². The Morgan fingerprint density at radius 2 is 1.57 bits per heavy atom. The minimum absolute atomic E-state index is 0.0855. The third kappa shape index (κ3) is 3.37. The number of hydroxylamine groups is 1. The van der Waals surface area contributed by atoms with E-state index in [4.69, 9.17) is 16.4 Å². The van der Waals surface area contributed by atoms with E-state index in [0.717, 1.165) is 23.0 Å². The fourth-order valence-electron chi connectivity index (χ4n) is 4.22. The fourth-order valence-corrected chi connectivity index (χ4v) is 4.35. The van der Waals surface area contributed by atoms with Crippen molar-refractivity contribution < 1.29 is 4.84 Å². The molecule has 5 heteroatoms. The van der Waals surface area contributed by atoms with Gasteiger partial charge in [-0.3, -0.25) is 0 Å². The molecule has 0 spiro atoms. The van der Waals surface area contributed by atoms with Crippen LogP contribution in [0.4, 0.5) is 17.1 Å². The normalized spacial score (nSPS) is 20.0. The molecule has 3 aromatic rings. The lowest BCUT2D eigenvalue weighted by Gasteiger charge is -2.29. The van der Waals surface area contributed by atoms with Crippen LogP contribution in [0.15, 0.2) is 90.8 Å². The third-order valence-electron chi connectivity index (χ3n) is 5.80. The van der Waals surface area contributed by atoms with Gasteiger partial charge in [0.25, 0.3) is 0 Å². The van der Waals surface area contributed by atoms with Crippen LogP contribution in [0.2, 0.25) is 5.02 Å². The number of nitrogens with zero attached hydrogens (tertiary/aromatic N) is 3. The predicted octanol–water partition coefficient (Wildman–Crippen LogP) is 5.88. The van der Waals surface area contributed by atoms with Crippen molar-refractivity contribution in [1.82, 2.24) is 0 Å². The summed E-state index contributed by atoms with van der Waals surface area (Å²) in [7, 11) is 4.12. The van der Waals surface area contributed by atoms with Crippen molar-refractivity contribution in [3.8, 4) is 0 Å². The van der Waals surface area contributed by atoms with Crippen molar-refractivity contribution in [3.05, 3.63) is 101 Å². The summed E-state index contributed by atoms with van der Waals surface area (Å²) >= 11 is 6.12. The van der Waals surface area contributed by atoms with Crippen LogP contribution in [-0.4, -0.2) is 20.6 Å². The van der Waals surface area contributed by atoms with Crippen LogP contribution < -0.4 is 14.9 Å². The summed E-state index contributed by atoms with van der Waals surface area (Å²) in [6.07, 6.45) is 2.14. The molecule has 2 atom stereocenters. The van der Waals surface area contributed by atoms with E-state index in [1.807, 2.05) is 35.4 Å². The molecule has 0 saturated carbocycles. The average molecular weight is 418 g/mol. The SMILES string of the molecule is CN(C)c1ccc(C2C3CN(c4ccccc4)C=C3ON2c2ccc(Cl)cc2)cc1. The van der Waals surface area contributed by atoms with Crippen LogP contribution in [-0.2, 0) is 4.84 Å². The van der Waals surface area contributed by atoms with E-state index >= 15 is 0 Å². The topological polar surface area (TPSA) is 19.0 Å². The Labute approximate surface area is 182 Å². The van der Waals surface area contributed by atoms with Crippen LogP contribution >= 0.6 is 11.6 Å². The van der Waals surface area contributed by atoms with E-state index in [9.17, 15) is 0 Å². The van der Waals surface area contributed by atoms with E-state index in [-0.39, 0.29) is 12.0 Å². The van der Waals surface area contributed by atoms with Crippen molar-refractivity contribution >= 4 is 28.7 Å². The lowest BCUT2D eigenvalue weighted by atomic mass is 9.93. The van der Waals surface area contributed by atoms with E-state index in [1.54, 1.807) is 0 Å². The van der Waals surface area contributed by atoms with Gasteiger partial charge in [-0.2, -0.15) is 0 Å². The molecule has 2 aliphatic heterocycles. The van der Waals surface area contributed by atoms with Gasteiger partial charge in [-0.15, -0.1) is 0 Å². The Balaban J connectivity index is 1.52. The monoisotopic (exact) mass is 417 g/mol. The zero-order valence-corrected chi connectivity index (χ0v) is 17.8. The predicted molar refractivity (Wildman–Crippen MR) is 124 cm³/mol. The van der Waals surface area contributed by atoms with E-state index < -0.39 is 0 Å². The summed E-state index contributed by atoms with van der Waals surface area (Å²) in [6, 6.07) is 27.1. The van der Waals surface area contributed by atoms with Crippen molar-refractivity contribution in [3.63, 3.8) is 0 Å². The molecule has 2 aliphatic rings. The van der Waals surface area contributed by atoms with Gasteiger partial charge >= 0.3 is 0 Å². The first-order valence-corrected chi connectivity index (χ1v) is 10.5. The zero-order chi connectivity index (χ0) is 20.7. The Morgan fingerprint density at radius 3 is 2.23 bits per heavy atom. The highest BCUT2D eigenvalue weighted by Gasteiger charge is 2.46. The number of rotatable bonds is 4. The molecular weight excluding hydrogens is 394 g/mol. The molecule has 152 valence electrons. The van der Waals surface area contributed by atoms with E-state index in [0.29, 0.717) is 0 Å². The van der Waals surface area contributed by atoms with Gasteiger partial charge in [-0.1, -0.05) is 41.9 Å². The minimum atomic E-state index is 0.0855. The van der Waals surface area contributed by atoms with Crippen LogP contribution in [0.5, 0.6) is 0 Å². The van der Waals surface area contributed by atoms with E-state index in [2.05, 4.69) is 78.6 Å². The number of fused-ring (bicyclic) bond motifs is 1. The Morgan fingerprint density at radius 1 is 0.867 bits per heavy atom. The number of halogens is 1. The van der Waals surface area contributed by atoms with Gasteiger partial charge < -0.3 is 14.6 Å². The number of hydrogen-bond donors (Lipinski definition) is 0. The number of para-hydroxylation sites is 1. The summed E-state index contributed by atoms with van der Waals surface area (Å²) in [5.74, 6) is 1.24. The first-order valence-electron chi connectivity index (χ1n) is 10.1. The molecule has 30 heavy (non-hydrogen) atoms. The Bertz CT molecular complexity index is 1050. The van der Waals surface area contributed by atoms with Gasteiger partial charge in [0.2, 0.25) is 0 Å². The number of anilines is 3. The minimum Gasteiger partial charge on any atom is -0.381 e. The summed E-state index contributed by atoms with van der Waals surface area (Å²) in [4.78, 5) is 10.8. The molecule has 2 heterocycles. The summed E-state index contributed by atoms with van der Waals surface area (Å²) in [6.45, 7) is 0.879. The average Bonchev–Trinajstić information content (AvgIpc) is 3.33. The van der Waals surface area contributed by atoms with Gasteiger partial charge in [0.05, 0.1) is 11.6 Å². The molecule has 0 N–H and O–H groups in total.